The highest BCUT2D eigenvalue weighted by atomic mass is 32.2. The van der Waals surface area contributed by atoms with Crippen molar-refractivity contribution < 1.29 is 9.90 Å². The minimum atomic E-state index is -0.754. The topological polar surface area (TPSA) is 63.1 Å². The predicted molar refractivity (Wildman–Crippen MR) is 54.4 cm³/mol. The fourth-order valence-corrected chi connectivity index (χ4v) is 1.57. The van der Waals surface area contributed by atoms with Crippen molar-refractivity contribution in [1.29, 1.82) is 0 Å². The minimum absolute atomic E-state index is 0.207. The first kappa shape index (κ1) is 11.0. The van der Waals surface area contributed by atoms with Crippen molar-refractivity contribution in [3.63, 3.8) is 0 Å². The van der Waals surface area contributed by atoms with Crippen molar-refractivity contribution in [2.24, 2.45) is 0 Å². The van der Waals surface area contributed by atoms with Gasteiger partial charge in [0.05, 0.1) is 0 Å². The van der Waals surface area contributed by atoms with Crippen LogP contribution in [0.25, 0.3) is 0 Å². The molecule has 0 atom stereocenters. The molecule has 1 heterocycles. The lowest BCUT2D eigenvalue weighted by Crippen LogP contribution is -1.95. The third-order valence-electron chi connectivity index (χ3n) is 1.52. The van der Waals surface area contributed by atoms with Gasteiger partial charge in [-0.3, -0.25) is 4.79 Å². The summed E-state index contributed by atoms with van der Waals surface area (Å²) >= 11 is 1.49. The van der Waals surface area contributed by atoms with Gasteiger partial charge in [0.15, 0.2) is 5.16 Å². The molecule has 0 saturated heterocycles. The standard InChI is InChI=1S/C9H12N2O2S/c1-7-5-10-9(11-6-7)14-4-2-3-8(12)13/h5-6H,2-4H2,1H3,(H,12,13). The number of carboxylic acids is 1. The lowest BCUT2D eigenvalue weighted by molar-refractivity contribution is -0.137. The van der Waals surface area contributed by atoms with E-state index in [1.54, 1.807) is 12.4 Å². The van der Waals surface area contributed by atoms with Gasteiger partial charge < -0.3 is 5.11 Å². The van der Waals surface area contributed by atoms with Gasteiger partial charge in [0.1, 0.15) is 0 Å². The van der Waals surface area contributed by atoms with E-state index in [4.69, 9.17) is 5.11 Å². The Balaban J connectivity index is 2.25. The number of thioether (sulfide) groups is 1. The van der Waals surface area contributed by atoms with Crippen molar-refractivity contribution in [3.05, 3.63) is 18.0 Å². The second-order valence-electron chi connectivity index (χ2n) is 2.89. The van der Waals surface area contributed by atoms with Gasteiger partial charge in [0.2, 0.25) is 0 Å². The van der Waals surface area contributed by atoms with E-state index < -0.39 is 5.97 Å². The number of carboxylic acid groups (broad SMARTS) is 1. The molecule has 0 aromatic carbocycles. The van der Waals surface area contributed by atoms with E-state index in [1.165, 1.54) is 11.8 Å². The van der Waals surface area contributed by atoms with Crippen LogP contribution in [0.4, 0.5) is 0 Å². The van der Waals surface area contributed by atoms with Crippen LogP contribution < -0.4 is 0 Å². The second-order valence-corrected chi connectivity index (χ2v) is 3.95. The van der Waals surface area contributed by atoms with E-state index in [9.17, 15) is 4.79 Å². The van der Waals surface area contributed by atoms with Crippen LogP contribution in [0.3, 0.4) is 0 Å². The molecule has 0 spiro atoms. The lowest BCUT2D eigenvalue weighted by atomic mass is 10.3. The van der Waals surface area contributed by atoms with E-state index in [0.29, 0.717) is 11.6 Å². The molecular weight excluding hydrogens is 200 g/mol. The van der Waals surface area contributed by atoms with Gasteiger partial charge >= 0.3 is 5.97 Å². The fourth-order valence-electron chi connectivity index (χ4n) is 0.842. The van der Waals surface area contributed by atoms with Crippen LogP contribution in [-0.4, -0.2) is 26.8 Å². The molecule has 0 aliphatic carbocycles. The second kappa shape index (κ2) is 5.59. The highest BCUT2D eigenvalue weighted by Gasteiger charge is 1.99. The summed E-state index contributed by atoms with van der Waals surface area (Å²) in [4.78, 5) is 18.4. The van der Waals surface area contributed by atoms with Gasteiger partial charge in [-0.1, -0.05) is 11.8 Å². The van der Waals surface area contributed by atoms with Gasteiger partial charge in [0, 0.05) is 24.6 Å². The van der Waals surface area contributed by atoms with Crippen LogP contribution >= 0.6 is 11.8 Å². The van der Waals surface area contributed by atoms with E-state index in [-0.39, 0.29) is 6.42 Å². The molecule has 0 fully saturated rings. The van der Waals surface area contributed by atoms with Gasteiger partial charge in [-0.05, 0) is 18.9 Å². The van der Waals surface area contributed by atoms with Crippen LogP contribution in [-0.2, 0) is 4.79 Å². The molecule has 5 heteroatoms. The third-order valence-corrected chi connectivity index (χ3v) is 2.49. The molecule has 14 heavy (non-hydrogen) atoms. The first-order chi connectivity index (χ1) is 6.68. The molecule has 4 nitrogen and oxygen atoms in total. The molecule has 0 radical (unpaired) electrons. The summed E-state index contributed by atoms with van der Waals surface area (Å²) in [7, 11) is 0. The summed E-state index contributed by atoms with van der Waals surface area (Å²) in [6.45, 7) is 1.93. The summed E-state index contributed by atoms with van der Waals surface area (Å²) in [5.74, 6) is -0.00884. The van der Waals surface area contributed by atoms with Crippen LogP contribution in [0, 0.1) is 6.92 Å². The molecule has 0 aliphatic heterocycles. The fraction of sp³-hybridized carbons (Fsp3) is 0.444. The molecule has 0 bridgehead atoms. The van der Waals surface area contributed by atoms with Crippen LogP contribution in [0.15, 0.2) is 17.6 Å². The Kier molecular flexibility index (Phi) is 4.39. The van der Waals surface area contributed by atoms with Crippen LogP contribution in [0.1, 0.15) is 18.4 Å². The largest absolute Gasteiger partial charge is 0.481 e. The molecule has 1 N–H and O–H groups in total. The van der Waals surface area contributed by atoms with E-state index in [1.807, 2.05) is 6.92 Å². The number of carbonyl (C=O) groups is 1. The zero-order chi connectivity index (χ0) is 10.4. The summed E-state index contributed by atoms with van der Waals surface area (Å²) < 4.78 is 0. The number of aromatic nitrogens is 2. The summed E-state index contributed by atoms with van der Waals surface area (Å²) in [6, 6.07) is 0. The Labute approximate surface area is 86.8 Å². The van der Waals surface area contributed by atoms with Crippen molar-refractivity contribution in [2.45, 2.75) is 24.9 Å². The van der Waals surface area contributed by atoms with Gasteiger partial charge in [-0.25, -0.2) is 9.97 Å². The quantitative estimate of drug-likeness (QED) is 0.457. The number of aliphatic carboxylic acids is 1. The Morgan fingerprint density at radius 3 is 2.71 bits per heavy atom. The number of nitrogens with zero attached hydrogens (tertiary/aromatic N) is 2. The molecule has 76 valence electrons. The molecule has 1 aromatic heterocycles. The molecule has 0 unspecified atom stereocenters. The van der Waals surface area contributed by atoms with Crippen molar-refractivity contribution in [1.82, 2.24) is 9.97 Å². The first-order valence-electron chi connectivity index (χ1n) is 4.32. The van der Waals surface area contributed by atoms with Crippen molar-refractivity contribution >= 4 is 17.7 Å². The van der Waals surface area contributed by atoms with E-state index >= 15 is 0 Å². The zero-order valence-electron chi connectivity index (χ0n) is 7.93. The summed E-state index contributed by atoms with van der Waals surface area (Å²) in [5.41, 5.74) is 1.03. The molecule has 0 aliphatic rings. The Morgan fingerprint density at radius 1 is 1.50 bits per heavy atom. The minimum Gasteiger partial charge on any atom is -0.481 e. The maximum atomic E-state index is 10.2. The number of hydrogen-bond acceptors (Lipinski definition) is 4. The SMILES string of the molecule is Cc1cnc(SCCCC(=O)O)nc1. The van der Waals surface area contributed by atoms with Crippen LogP contribution in [0.5, 0.6) is 0 Å². The Morgan fingerprint density at radius 2 is 2.14 bits per heavy atom. The maximum Gasteiger partial charge on any atom is 0.303 e. The van der Waals surface area contributed by atoms with Gasteiger partial charge in [0.25, 0.3) is 0 Å². The Bertz CT molecular complexity index is 300. The molecular formula is C9H12N2O2S. The average Bonchev–Trinajstić information content (AvgIpc) is 2.15. The predicted octanol–water partition coefficient (Wildman–Crippen LogP) is 1.74. The molecule has 1 aromatic rings. The maximum absolute atomic E-state index is 10.2. The first-order valence-corrected chi connectivity index (χ1v) is 5.30. The third kappa shape index (κ3) is 4.23. The average molecular weight is 212 g/mol. The monoisotopic (exact) mass is 212 g/mol. The smallest absolute Gasteiger partial charge is 0.303 e. The van der Waals surface area contributed by atoms with Gasteiger partial charge in [-0.15, -0.1) is 0 Å². The Hall–Kier alpha value is -1.10. The zero-order valence-corrected chi connectivity index (χ0v) is 8.75. The van der Waals surface area contributed by atoms with E-state index in [2.05, 4.69) is 9.97 Å². The van der Waals surface area contributed by atoms with Gasteiger partial charge in [-0.2, -0.15) is 0 Å². The van der Waals surface area contributed by atoms with Crippen molar-refractivity contribution in [2.75, 3.05) is 5.75 Å². The highest BCUT2D eigenvalue weighted by molar-refractivity contribution is 7.99. The summed E-state index contributed by atoms with van der Waals surface area (Å²) in [6.07, 6.45) is 4.37. The van der Waals surface area contributed by atoms with Crippen LogP contribution in [0.2, 0.25) is 0 Å². The van der Waals surface area contributed by atoms with Crippen molar-refractivity contribution in [3.8, 4) is 0 Å². The number of hydrogen-bond donors (Lipinski definition) is 1. The molecule has 0 amide bonds. The summed E-state index contributed by atoms with van der Waals surface area (Å²) in [5, 5.41) is 9.12. The number of rotatable bonds is 5. The normalized spacial score (nSPS) is 10.1. The lowest BCUT2D eigenvalue weighted by Gasteiger charge is -1.98. The molecule has 1 rings (SSSR count). The number of aryl methyl sites for hydroxylation is 1. The highest BCUT2D eigenvalue weighted by Crippen LogP contribution is 2.13. The molecule has 0 saturated carbocycles. The van der Waals surface area contributed by atoms with E-state index in [0.717, 1.165) is 11.3 Å².